The number of carbonyl (C=O) groups excluding carboxylic acids is 1. The van der Waals surface area contributed by atoms with Crippen LogP contribution >= 0.6 is 0 Å². The van der Waals surface area contributed by atoms with Gasteiger partial charge in [0.15, 0.2) is 0 Å². The molecule has 0 aromatic carbocycles. The van der Waals surface area contributed by atoms with E-state index in [1.54, 1.807) is 0 Å². The largest absolute Gasteiger partial charge is 0.477 e. The summed E-state index contributed by atoms with van der Waals surface area (Å²) in [4.78, 5) is 15.2. The lowest BCUT2D eigenvalue weighted by atomic mass is 10.1. The summed E-state index contributed by atoms with van der Waals surface area (Å²) in [5.74, 6) is 0.0951. The molecule has 0 aliphatic heterocycles. The van der Waals surface area contributed by atoms with Crippen molar-refractivity contribution < 1.29 is 9.53 Å². The molecular formula is C12H19N3O2. The van der Waals surface area contributed by atoms with E-state index in [2.05, 4.69) is 18.8 Å². The van der Waals surface area contributed by atoms with Crippen molar-refractivity contribution in [1.29, 1.82) is 0 Å². The molecular weight excluding hydrogens is 218 g/mol. The highest BCUT2D eigenvalue weighted by Gasteiger charge is 2.12. The Kier molecular flexibility index (Phi) is 4.75. The molecule has 1 amide bonds. The van der Waals surface area contributed by atoms with Gasteiger partial charge in [-0.25, -0.2) is 4.98 Å². The second-order valence-corrected chi connectivity index (χ2v) is 4.19. The molecule has 0 aliphatic rings. The molecule has 0 radical (unpaired) electrons. The van der Waals surface area contributed by atoms with Crippen LogP contribution in [0.2, 0.25) is 0 Å². The van der Waals surface area contributed by atoms with Crippen molar-refractivity contribution in [2.45, 2.75) is 26.7 Å². The zero-order chi connectivity index (χ0) is 12.8. The minimum Gasteiger partial charge on any atom is -0.477 e. The van der Waals surface area contributed by atoms with Crippen LogP contribution in [0.5, 0.6) is 5.88 Å². The van der Waals surface area contributed by atoms with Crippen LogP contribution in [0, 0.1) is 5.92 Å². The topological polar surface area (TPSA) is 91.2 Å². The fourth-order valence-corrected chi connectivity index (χ4v) is 1.56. The lowest BCUT2D eigenvalue weighted by molar-refractivity contribution is 0.0994. The fraction of sp³-hybridized carbons (Fsp3) is 0.500. The Morgan fingerprint density at radius 1 is 1.59 bits per heavy atom. The summed E-state index contributed by atoms with van der Waals surface area (Å²) in [7, 11) is 0. The van der Waals surface area contributed by atoms with E-state index in [-0.39, 0.29) is 11.4 Å². The third-order valence-electron chi connectivity index (χ3n) is 2.42. The van der Waals surface area contributed by atoms with Crippen LogP contribution in [0.4, 0.5) is 5.69 Å². The van der Waals surface area contributed by atoms with Crippen molar-refractivity contribution in [1.82, 2.24) is 4.98 Å². The Morgan fingerprint density at radius 3 is 2.88 bits per heavy atom. The van der Waals surface area contributed by atoms with E-state index in [0.717, 1.165) is 12.8 Å². The van der Waals surface area contributed by atoms with Crippen molar-refractivity contribution in [2.75, 3.05) is 12.3 Å². The number of hydrogen-bond acceptors (Lipinski definition) is 4. The molecule has 0 bridgehead atoms. The summed E-state index contributed by atoms with van der Waals surface area (Å²) in [6.07, 6.45) is 3.62. The van der Waals surface area contributed by atoms with Crippen molar-refractivity contribution in [3.05, 3.63) is 17.8 Å². The van der Waals surface area contributed by atoms with Gasteiger partial charge in [0.2, 0.25) is 5.88 Å². The Balaban J connectivity index is 2.73. The summed E-state index contributed by atoms with van der Waals surface area (Å²) in [6, 6.07) is 1.48. The van der Waals surface area contributed by atoms with Crippen molar-refractivity contribution >= 4 is 11.6 Å². The smallest absolute Gasteiger partial charge is 0.254 e. The summed E-state index contributed by atoms with van der Waals surface area (Å²) < 4.78 is 5.50. The Labute approximate surface area is 101 Å². The van der Waals surface area contributed by atoms with E-state index < -0.39 is 5.91 Å². The van der Waals surface area contributed by atoms with E-state index in [1.807, 2.05) is 0 Å². The minimum atomic E-state index is -0.581. The van der Waals surface area contributed by atoms with Gasteiger partial charge in [-0.1, -0.05) is 20.3 Å². The molecule has 0 fully saturated rings. The first-order chi connectivity index (χ1) is 8.04. The van der Waals surface area contributed by atoms with Gasteiger partial charge < -0.3 is 16.2 Å². The van der Waals surface area contributed by atoms with Gasteiger partial charge in [0.1, 0.15) is 5.56 Å². The van der Waals surface area contributed by atoms with Crippen LogP contribution in [-0.2, 0) is 0 Å². The number of carbonyl (C=O) groups is 1. The van der Waals surface area contributed by atoms with Gasteiger partial charge in [0.05, 0.1) is 18.5 Å². The first-order valence-electron chi connectivity index (χ1n) is 5.72. The number of aromatic nitrogens is 1. The van der Waals surface area contributed by atoms with E-state index in [0.29, 0.717) is 18.2 Å². The van der Waals surface area contributed by atoms with E-state index in [4.69, 9.17) is 16.2 Å². The highest BCUT2D eigenvalue weighted by Crippen LogP contribution is 2.18. The molecule has 0 saturated carbocycles. The first-order valence-corrected chi connectivity index (χ1v) is 5.72. The normalized spacial score (nSPS) is 12.1. The molecule has 94 valence electrons. The third-order valence-corrected chi connectivity index (χ3v) is 2.42. The summed E-state index contributed by atoms with van der Waals surface area (Å²) >= 11 is 0. The van der Waals surface area contributed by atoms with Crippen LogP contribution in [-0.4, -0.2) is 17.5 Å². The zero-order valence-corrected chi connectivity index (χ0v) is 10.3. The van der Waals surface area contributed by atoms with Gasteiger partial charge >= 0.3 is 0 Å². The first kappa shape index (κ1) is 13.3. The van der Waals surface area contributed by atoms with Crippen molar-refractivity contribution in [3.63, 3.8) is 0 Å². The molecule has 1 aromatic rings. The number of nitrogens with two attached hydrogens (primary N) is 2. The second kappa shape index (κ2) is 6.08. The quantitative estimate of drug-likeness (QED) is 0.785. The Hall–Kier alpha value is -1.78. The molecule has 5 heteroatoms. The molecule has 1 atom stereocenters. The molecule has 0 saturated heterocycles. The number of ether oxygens (including phenoxy) is 1. The molecule has 4 N–H and O–H groups in total. The maximum absolute atomic E-state index is 11.2. The highest BCUT2D eigenvalue weighted by molar-refractivity contribution is 5.95. The number of pyridine rings is 1. The van der Waals surface area contributed by atoms with E-state index >= 15 is 0 Å². The highest BCUT2D eigenvalue weighted by atomic mass is 16.5. The standard InChI is InChI=1S/C12H19N3O2/c1-3-4-8(2)7-17-12-10(11(14)16)5-9(13)6-15-12/h5-6,8H,3-4,7,13H2,1-2H3,(H2,14,16). The van der Waals surface area contributed by atoms with Gasteiger partial charge in [-0.2, -0.15) is 0 Å². The van der Waals surface area contributed by atoms with Crippen molar-refractivity contribution in [2.24, 2.45) is 11.7 Å². The van der Waals surface area contributed by atoms with Gasteiger partial charge in [0, 0.05) is 0 Å². The molecule has 0 spiro atoms. The molecule has 1 rings (SSSR count). The molecule has 17 heavy (non-hydrogen) atoms. The average Bonchev–Trinajstić information content (AvgIpc) is 2.27. The number of nitrogen functional groups attached to an aromatic ring is 1. The monoisotopic (exact) mass is 237 g/mol. The lowest BCUT2D eigenvalue weighted by Crippen LogP contribution is -2.16. The lowest BCUT2D eigenvalue weighted by Gasteiger charge is -2.13. The molecule has 1 aromatic heterocycles. The number of amides is 1. The van der Waals surface area contributed by atoms with Gasteiger partial charge in [-0.05, 0) is 18.4 Å². The van der Waals surface area contributed by atoms with Gasteiger partial charge in [-0.3, -0.25) is 4.79 Å². The van der Waals surface area contributed by atoms with Gasteiger partial charge in [0.25, 0.3) is 5.91 Å². The minimum absolute atomic E-state index is 0.230. The SMILES string of the molecule is CCCC(C)COc1ncc(N)cc1C(N)=O. The molecule has 1 unspecified atom stereocenters. The number of hydrogen-bond donors (Lipinski definition) is 2. The zero-order valence-electron chi connectivity index (χ0n) is 10.3. The third kappa shape index (κ3) is 3.94. The van der Waals surface area contributed by atoms with Crippen LogP contribution < -0.4 is 16.2 Å². The summed E-state index contributed by atoms with van der Waals surface area (Å²) in [5.41, 5.74) is 11.4. The summed E-state index contributed by atoms with van der Waals surface area (Å²) in [6.45, 7) is 4.72. The van der Waals surface area contributed by atoms with E-state index in [1.165, 1.54) is 12.3 Å². The number of nitrogens with zero attached hydrogens (tertiary/aromatic N) is 1. The predicted molar refractivity (Wildman–Crippen MR) is 66.7 cm³/mol. The number of rotatable bonds is 6. The van der Waals surface area contributed by atoms with Gasteiger partial charge in [-0.15, -0.1) is 0 Å². The molecule has 0 aliphatic carbocycles. The predicted octanol–water partition coefficient (Wildman–Crippen LogP) is 1.58. The Morgan fingerprint density at radius 2 is 2.29 bits per heavy atom. The molecule has 5 nitrogen and oxygen atoms in total. The van der Waals surface area contributed by atoms with Crippen molar-refractivity contribution in [3.8, 4) is 5.88 Å². The maximum Gasteiger partial charge on any atom is 0.254 e. The Bertz CT molecular complexity index is 393. The fourth-order valence-electron chi connectivity index (χ4n) is 1.56. The van der Waals surface area contributed by atoms with Crippen LogP contribution in [0.15, 0.2) is 12.3 Å². The number of primary amides is 1. The van der Waals surface area contributed by atoms with Crippen LogP contribution in [0.3, 0.4) is 0 Å². The van der Waals surface area contributed by atoms with Crippen LogP contribution in [0.1, 0.15) is 37.0 Å². The van der Waals surface area contributed by atoms with Crippen LogP contribution in [0.25, 0.3) is 0 Å². The number of anilines is 1. The second-order valence-electron chi connectivity index (χ2n) is 4.19. The average molecular weight is 237 g/mol. The molecule has 1 heterocycles. The summed E-state index contributed by atoms with van der Waals surface area (Å²) in [5, 5.41) is 0. The van der Waals surface area contributed by atoms with E-state index in [9.17, 15) is 4.79 Å². The maximum atomic E-state index is 11.2.